The second-order valence-corrected chi connectivity index (χ2v) is 9.63. The zero-order valence-corrected chi connectivity index (χ0v) is 15.7. The molecule has 0 spiro atoms. The Labute approximate surface area is 150 Å². The van der Waals surface area contributed by atoms with E-state index < -0.39 is 7.14 Å². The molecule has 0 unspecified atom stereocenters. The highest BCUT2D eigenvalue weighted by molar-refractivity contribution is 7.81. The van der Waals surface area contributed by atoms with Crippen LogP contribution in [-0.4, -0.2) is 5.78 Å². The number of carbonyl (C=O) groups is 1. The highest BCUT2D eigenvalue weighted by atomic mass is 31.2. The lowest BCUT2D eigenvalue weighted by atomic mass is 9.86. The van der Waals surface area contributed by atoms with Gasteiger partial charge in [0.2, 0.25) is 0 Å². The Hall–Kier alpha value is -1.92. The van der Waals surface area contributed by atoms with Crippen molar-refractivity contribution in [3.63, 3.8) is 0 Å². The van der Waals surface area contributed by atoms with Gasteiger partial charge in [-0.25, -0.2) is 0 Å². The molecule has 0 N–H and O–H groups in total. The molecule has 2 aromatic rings. The molecule has 1 aliphatic carbocycles. The van der Waals surface area contributed by atoms with Crippen LogP contribution >= 0.6 is 7.14 Å². The Balaban J connectivity index is 1.94. The molecule has 25 heavy (non-hydrogen) atoms. The van der Waals surface area contributed by atoms with Crippen molar-refractivity contribution in [1.82, 2.24) is 0 Å². The summed E-state index contributed by atoms with van der Waals surface area (Å²) in [4.78, 5) is 11.9. The molecule has 0 aliphatic heterocycles. The molecule has 2 nitrogen and oxygen atoms in total. The summed E-state index contributed by atoms with van der Waals surface area (Å²) in [5.41, 5.74) is 0. The summed E-state index contributed by atoms with van der Waals surface area (Å²) >= 11 is 0. The second kappa shape index (κ2) is 7.54. The van der Waals surface area contributed by atoms with E-state index in [1.54, 1.807) is 0 Å². The van der Waals surface area contributed by atoms with Gasteiger partial charge in [0.05, 0.1) is 0 Å². The highest BCUT2D eigenvalue weighted by Gasteiger charge is 2.34. The molecule has 2 aromatic carbocycles. The van der Waals surface area contributed by atoms with Gasteiger partial charge in [-0.1, -0.05) is 80.6 Å². The van der Waals surface area contributed by atoms with E-state index in [1.165, 1.54) is 0 Å². The van der Waals surface area contributed by atoms with Crippen LogP contribution in [0.2, 0.25) is 0 Å². The van der Waals surface area contributed by atoms with Crippen LogP contribution in [-0.2, 0) is 9.36 Å². The van der Waals surface area contributed by atoms with Crippen LogP contribution < -0.4 is 10.6 Å². The smallest absolute Gasteiger partial charge is 0.163 e. The van der Waals surface area contributed by atoms with Crippen molar-refractivity contribution >= 4 is 23.5 Å². The average molecular weight is 352 g/mol. The first-order valence-electron chi connectivity index (χ1n) is 8.95. The zero-order valence-electron chi connectivity index (χ0n) is 14.8. The van der Waals surface area contributed by atoms with E-state index in [0.717, 1.165) is 17.0 Å². The number of ketones is 1. The molecule has 3 rings (SSSR count). The number of Topliss-reactive ketones (excluding diaryl/α,β-unsaturated/α-hetero) is 1. The molecular formula is C22H25O2P. The number of carbonyl (C=O) groups excluding carboxylic acids is 1. The first-order valence-corrected chi connectivity index (χ1v) is 10.7. The molecule has 0 bridgehead atoms. The number of hydrogen-bond acceptors (Lipinski definition) is 2. The van der Waals surface area contributed by atoms with Crippen molar-refractivity contribution in [3.8, 4) is 0 Å². The van der Waals surface area contributed by atoms with Crippen molar-refractivity contribution < 1.29 is 9.36 Å². The predicted octanol–water partition coefficient (Wildman–Crippen LogP) is 4.77. The van der Waals surface area contributed by atoms with E-state index in [0.29, 0.717) is 18.1 Å². The highest BCUT2D eigenvalue weighted by Crippen LogP contribution is 2.46. The predicted molar refractivity (Wildman–Crippen MR) is 105 cm³/mol. The van der Waals surface area contributed by atoms with E-state index in [9.17, 15) is 9.36 Å². The van der Waals surface area contributed by atoms with E-state index in [2.05, 4.69) is 13.0 Å². The number of allylic oxidation sites excluding steroid dienone is 1. The standard InChI is InChI=1S/C22H25O2P/c1-17(21-13-14-22(23)18(21)2)15-16-25(24,19-9-5-3-6-10-19)20-11-7-4-8-12-20/h3-12,15-18,21H,13-14H2,1-2H3/b16-15+/t17-,18+,21-/m1/s1. The summed E-state index contributed by atoms with van der Waals surface area (Å²) in [7, 11) is -2.82. The van der Waals surface area contributed by atoms with Crippen molar-refractivity contribution in [3.05, 3.63) is 72.6 Å². The van der Waals surface area contributed by atoms with Gasteiger partial charge in [-0.15, -0.1) is 0 Å². The molecule has 1 fully saturated rings. The normalized spacial score (nSPS) is 22.4. The Morgan fingerprint density at radius 2 is 1.52 bits per heavy atom. The SMILES string of the molecule is C[C@H](/C=C/P(=O)(c1ccccc1)c1ccccc1)[C@H]1CCC(=O)[C@H]1C. The third kappa shape index (κ3) is 3.70. The van der Waals surface area contributed by atoms with Gasteiger partial charge in [0.15, 0.2) is 7.14 Å². The fourth-order valence-corrected chi connectivity index (χ4v) is 6.15. The Kier molecular flexibility index (Phi) is 5.39. The Morgan fingerprint density at radius 3 is 1.96 bits per heavy atom. The van der Waals surface area contributed by atoms with Crippen LogP contribution in [0.5, 0.6) is 0 Å². The van der Waals surface area contributed by atoms with Gasteiger partial charge >= 0.3 is 0 Å². The van der Waals surface area contributed by atoms with Crippen molar-refractivity contribution in [2.75, 3.05) is 0 Å². The van der Waals surface area contributed by atoms with Crippen molar-refractivity contribution in [1.29, 1.82) is 0 Å². The molecular weight excluding hydrogens is 327 g/mol. The Bertz CT molecular complexity index is 752. The van der Waals surface area contributed by atoms with Crippen molar-refractivity contribution in [2.24, 2.45) is 17.8 Å². The van der Waals surface area contributed by atoms with Crippen LogP contribution in [0, 0.1) is 17.8 Å². The van der Waals surface area contributed by atoms with Crippen LogP contribution in [0.4, 0.5) is 0 Å². The molecule has 130 valence electrons. The summed E-state index contributed by atoms with van der Waals surface area (Å²) in [6, 6.07) is 19.3. The largest absolute Gasteiger partial charge is 0.309 e. The third-order valence-corrected chi connectivity index (χ3v) is 8.15. The number of benzene rings is 2. The minimum atomic E-state index is -2.82. The first kappa shape index (κ1) is 17.9. The average Bonchev–Trinajstić information content (AvgIpc) is 3.00. The van der Waals surface area contributed by atoms with Crippen LogP contribution in [0.1, 0.15) is 26.7 Å². The molecule has 0 saturated heterocycles. The molecule has 0 amide bonds. The minimum Gasteiger partial charge on any atom is -0.309 e. The van der Waals surface area contributed by atoms with E-state index in [1.807, 2.05) is 73.4 Å². The fourth-order valence-electron chi connectivity index (χ4n) is 3.76. The zero-order chi connectivity index (χ0) is 17.9. The van der Waals surface area contributed by atoms with Gasteiger partial charge in [-0.3, -0.25) is 4.79 Å². The lowest BCUT2D eigenvalue weighted by molar-refractivity contribution is -0.120. The third-order valence-electron chi connectivity index (χ3n) is 5.43. The maximum atomic E-state index is 13.9. The van der Waals surface area contributed by atoms with Gasteiger partial charge in [0.1, 0.15) is 5.78 Å². The maximum absolute atomic E-state index is 13.9. The lowest BCUT2D eigenvalue weighted by Crippen LogP contribution is -2.17. The molecule has 3 heteroatoms. The minimum absolute atomic E-state index is 0.104. The molecule has 1 aliphatic rings. The molecule has 1 saturated carbocycles. The first-order chi connectivity index (χ1) is 12.0. The van der Waals surface area contributed by atoms with Gasteiger partial charge in [-0.2, -0.15) is 0 Å². The van der Waals surface area contributed by atoms with Crippen molar-refractivity contribution in [2.45, 2.75) is 26.7 Å². The molecule has 0 aromatic heterocycles. The number of hydrogen-bond donors (Lipinski definition) is 0. The quantitative estimate of drug-likeness (QED) is 0.727. The van der Waals surface area contributed by atoms with E-state index >= 15 is 0 Å². The summed E-state index contributed by atoms with van der Waals surface area (Å²) in [5.74, 6) is 2.95. The molecule has 3 atom stereocenters. The van der Waals surface area contributed by atoms with E-state index in [4.69, 9.17) is 0 Å². The summed E-state index contributed by atoms with van der Waals surface area (Å²) in [6.07, 6.45) is 3.69. The molecule has 0 heterocycles. The summed E-state index contributed by atoms with van der Waals surface area (Å²) < 4.78 is 13.9. The van der Waals surface area contributed by atoms with Crippen LogP contribution in [0.3, 0.4) is 0 Å². The topological polar surface area (TPSA) is 34.1 Å². The fraction of sp³-hybridized carbons (Fsp3) is 0.318. The van der Waals surface area contributed by atoms with E-state index in [-0.39, 0.29) is 11.8 Å². The van der Waals surface area contributed by atoms with Gasteiger partial charge in [0.25, 0.3) is 0 Å². The molecule has 0 radical (unpaired) electrons. The maximum Gasteiger partial charge on any atom is 0.163 e. The Morgan fingerprint density at radius 1 is 1.00 bits per heavy atom. The van der Waals surface area contributed by atoms with Crippen LogP contribution in [0.25, 0.3) is 0 Å². The van der Waals surface area contributed by atoms with Gasteiger partial charge < -0.3 is 4.57 Å². The summed E-state index contributed by atoms with van der Waals surface area (Å²) in [6.45, 7) is 4.16. The number of rotatable bonds is 5. The monoisotopic (exact) mass is 352 g/mol. The van der Waals surface area contributed by atoms with Gasteiger partial charge in [0, 0.05) is 22.9 Å². The lowest BCUT2D eigenvalue weighted by Gasteiger charge is -2.21. The van der Waals surface area contributed by atoms with Crippen LogP contribution in [0.15, 0.2) is 72.6 Å². The second-order valence-electron chi connectivity index (χ2n) is 6.99. The van der Waals surface area contributed by atoms with Gasteiger partial charge in [-0.05, 0) is 24.1 Å². The summed E-state index contributed by atoms with van der Waals surface area (Å²) in [5, 5.41) is 1.69.